The van der Waals surface area contributed by atoms with Gasteiger partial charge >= 0.3 is 5.97 Å². The molecule has 2 aromatic rings. The number of esters is 1. The van der Waals surface area contributed by atoms with Gasteiger partial charge in [-0.3, -0.25) is 9.89 Å². The first-order valence-corrected chi connectivity index (χ1v) is 5.60. The van der Waals surface area contributed by atoms with E-state index in [1.165, 1.54) is 7.11 Å². The third-order valence-electron chi connectivity index (χ3n) is 2.38. The van der Waals surface area contributed by atoms with Crippen molar-refractivity contribution >= 4 is 40.1 Å². The number of nitrogens with one attached hydrogen (secondary N) is 2. The van der Waals surface area contributed by atoms with E-state index in [1.54, 1.807) is 18.3 Å². The molecule has 0 saturated carbocycles. The van der Waals surface area contributed by atoms with Crippen LogP contribution in [0, 0.1) is 0 Å². The number of hydrogen-bond donors (Lipinski definition) is 2. The predicted molar refractivity (Wildman–Crippen MR) is 66.8 cm³/mol. The van der Waals surface area contributed by atoms with Crippen molar-refractivity contribution in [3.8, 4) is 0 Å². The van der Waals surface area contributed by atoms with Crippen LogP contribution in [-0.4, -0.2) is 35.1 Å². The van der Waals surface area contributed by atoms with E-state index in [1.807, 2.05) is 0 Å². The Morgan fingerprint density at radius 3 is 2.94 bits per heavy atom. The molecule has 0 radical (unpaired) electrons. The molecule has 1 heterocycles. The molecule has 2 N–H and O–H groups in total. The number of alkyl halides is 1. The monoisotopic (exact) mass is 267 g/mol. The first-order valence-electron chi connectivity index (χ1n) is 5.07. The maximum absolute atomic E-state index is 11.6. The van der Waals surface area contributed by atoms with Gasteiger partial charge in [-0.15, -0.1) is 11.6 Å². The molecular weight excluding hydrogens is 258 g/mol. The highest BCUT2D eigenvalue weighted by atomic mass is 35.5. The molecule has 0 aliphatic rings. The fourth-order valence-corrected chi connectivity index (χ4v) is 1.62. The zero-order valence-corrected chi connectivity index (χ0v) is 10.2. The van der Waals surface area contributed by atoms with Crippen LogP contribution in [0.4, 0.5) is 5.69 Å². The zero-order chi connectivity index (χ0) is 13.1. The molecule has 0 aliphatic heterocycles. The molecule has 1 amide bonds. The van der Waals surface area contributed by atoms with Gasteiger partial charge in [-0.1, -0.05) is 0 Å². The van der Waals surface area contributed by atoms with Crippen LogP contribution in [0.25, 0.3) is 10.9 Å². The number of carbonyl (C=O) groups excluding carboxylic acids is 2. The van der Waals surface area contributed by atoms with E-state index in [0.29, 0.717) is 11.2 Å². The minimum absolute atomic E-state index is 0.190. The fraction of sp³-hybridized carbons (Fsp3) is 0.182. The molecule has 0 spiro atoms. The number of anilines is 1. The molecule has 0 atom stereocenters. The van der Waals surface area contributed by atoms with Gasteiger partial charge in [0, 0.05) is 5.39 Å². The largest absolute Gasteiger partial charge is 0.465 e. The lowest BCUT2D eigenvalue weighted by atomic mass is 10.1. The number of amides is 1. The third kappa shape index (κ3) is 2.28. The maximum atomic E-state index is 11.6. The highest BCUT2D eigenvalue weighted by Crippen LogP contribution is 2.23. The standard InChI is InChI=1S/C11H10ClN3O3/c1-18-11(17)7-3-8-6(5-13-15-8)2-9(7)14-10(16)4-12/h2-3,5H,4H2,1H3,(H,13,15)(H,14,16). The Kier molecular flexibility index (Phi) is 3.47. The van der Waals surface area contributed by atoms with Crippen molar-refractivity contribution in [3.63, 3.8) is 0 Å². The van der Waals surface area contributed by atoms with Gasteiger partial charge < -0.3 is 10.1 Å². The second kappa shape index (κ2) is 5.05. The topological polar surface area (TPSA) is 84.1 Å². The van der Waals surface area contributed by atoms with Crippen LogP contribution in [0.2, 0.25) is 0 Å². The number of ether oxygens (including phenoxy) is 1. The number of benzene rings is 1. The second-order valence-electron chi connectivity index (χ2n) is 3.53. The summed E-state index contributed by atoms with van der Waals surface area (Å²) < 4.78 is 4.66. The first-order chi connectivity index (χ1) is 8.65. The van der Waals surface area contributed by atoms with Gasteiger partial charge in [0.1, 0.15) is 5.88 Å². The van der Waals surface area contributed by atoms with Crippen molar-refractivity contribution in [2.45, 2.75) is 0 Å². The summed E-state index contributed by atoms with van der Waals surface area (Å²) in [4.78, 5) is 22.9. The van der Waals surface area contributed by atoms with Gasteiger partial charge in [-0.25, -0.2) is 4.79 Å². The number of aromatic nitrogens is 2. The Labute approximate surface area is 107 Å². The van der Waals surface area contributed by atoms with Crippen LogP contribution in [0.1, 0.15) is 10.4 Å². The molecule has 18 heavy (non-hydrogen) atoms. The molecule has 0 saturated heterocycles. The molecule has 94 valence electrons. The summed E-state index contributed by atoms with van der Waals surface area (Å²) in [6.07, 6.45) is 1.59. The summed E-state index contributed by atoms with van der Waals surface area (Å²) in [5.74, 6) is -1.13. The summed E-state index contributed by atoms with van der Waals surface area (Å²) in [6.45, 7) is 0. The van der Waals surface area contributed by atoms with Crippen molar-refractivity contribution in [2.75, 3.05) is 18.3 Å². The highest BCUT2D eigenvalue weighted by molar-refractivity contribution is 6.29. The van der Waals surface area contributed by atoms with Crippen LogP contribution in [0.15, 0.2) is 18.3 Å². The maximum Gasteiger partial charge on any atom is 0.340 e. The Bertz CT molecular complexity index is 609. The molecule has 0 bridgehead atoms. The number of aromatic amines is 1. The van der Waals surface area contributed by atoms with E-state index in [4.69, 9.17) is 11.6 Å². The molecule has 2 rings (SSSR count). The van der Waals surface area contributed by atoms with E-state index >= 15 is 0 Å². The summed E-state index contributed by atoms with van der Waals surface area (Å²) in [7, 11) is 1.27. The van der Waals surface area contributed by atoms with Gasteiger partial charge in [-0.2, -0.15) is 5.10 Å². The van der Waals surface area contributed by atoms with E-state index in [-0.39, 0.29) is 11.4 Å². The SMILES string of the molecule is COC(=O)c1cc2[nH]ncc2cc1NC(=O)CCl. The van der Waals surface area contributed by atoms with E-state index in [9.17, 15) is 9.59 Å². The van der Waals surface area contributed by atoms with Crippen LogP contribution >= 0.6 is 11.6 Å². The number of methoxy groups -OCH3 is 1. The molecule has 0 aliphatic carbocycles. The van der Waals surface area contributed by atoms with Crippen LogP contribution < -0.4 is 5.32 Å². The summed E-state index contributed by atoms with van der Waals surface area (Å²) in [6, 6.07) is 3.20. The Hall–Kier alpha value is -2.08. The second-order valence-corrected chi connectivity index (χ2v) is 3.80. The van der Waals surface area contributed by atoms with Crippen molar-refractivity contribution in [1.29, 1.82) is 0 Å². The molecule has 0 fully saturated rings. The molecule has 1 aromatic heterocycles. The van der Waals surface area contributed by atoms with E-state index < -0.39 is 11.9 Å². The van der Waals surface area contributed by atoms with Gasteiger partial charge in [0.05, 0.1) is 30.1 Å². The fourth-order valence-electron chi connectivity index (χ4n) is 1.56. The molecule has 7 heteroatoms. The average Bonchev–Trinajstić information content (AvgIpc) is 2.83. The van der Waals surface area contributed by atoms with Gasteiger partial charge in [0.2, 0.25) is 5.91 Å². The summed E-state index contributed by atoms with van der Waals surface area (Å²) >= 11 is 5.42. The lowest BCUT2D eigenvalue weighted by molar-refractivity contribution is -0.113. The number of halogens is 1. The number of carbonyl (C=O) groups is 2. The zero-order valence-electron chi connectivity index (χ0n) is 9.49. The lowest BCUT2D eigenvalue weighted by Gasteiger charge is -2.09. The highest BCUT2D eigenvalue weighted by Gasteiger charge is 2.15. The Morgan fingerprint density at radius 1 is 1.50 bits per heavy atom. The Balaban J connectivity index is 2.52. The lowest BCUT2D eigenvalue weighted by Crippen LogP contribution is -2.16. The van der Waals surface area contributed by atoms with Crippen molar-refractivity contribution in [2.24, 2.45) is 0 Å². The third-order valence-corrected chi connectivity index (χ3v) is 2.62. The number of H-pyrrole nitrogens is 1. The smallest absolute Gasteiger partial charge is 0.340 e. The number of hydrogen-bond acceptors (Lipinski definition) is 4. The number of rotatable bonds is 3. The normalized spacial score (nSPS) is 10.3. The van der Waals surface area contributed by atoms with Crippen molar-refractivity contribution < 1.29 is 14.3 Å². The van der Waals surface area contributed by atoms with Crippen LogP contribution in [-0.2, 0) is 9.53 Å². The van der Waals surface area contributed by atoms with Crippen LogP contribution in [0.3, 0.4) is 0 Å². The quantitative estimate of drug-likeness (QED) is 0.652. The Morgan fingerprint density at radius 2 is 2.28 bits per heavy atom. The predicted octanol–water partition coefficient (Wildman–Crippen LogP) is 1.53. The number of fused-ring (bicyclic) bond motifs is 1. The average molecular weight is 268 g/mol. The number of nitrogens with zero attached hydrogens (tertiary/aromatic N) is 1. The minimum atomic E-state index is -0.545. The van der Waals surface area contributed by atoms with Gasteiger partial charge in [-0.05, 0) is 12.1 Å². The summed E-state index contributed by atoms with van der Waals surface area (Å²) in [5.41, 5.74) is 1.27. The van der Waals surface area contributed by atoms with Crippen molar-refractivity contribution in [3.05, 3.63) is 23.9 Å². The summed E-state index contributed by atoms with van der Waals surface area (Å²) in [5, 5.41) is 9.90. The van der Waals surface area contributed by atoms with Crippen LogP contribution in [0.5, 0.6) is 0 Å². The van der Waals surface area contributed by atoms with Crippen molar-refractivity contribution in [1.82, 2.24) is 10.2 Å². The molecule has 1 aromatic carbocycles. The van der Waals surface area contributed by atoms with E-state index in [0.717, 1.165) is 5.39 Å². The van der Waals surface area contributed by atoms with Gasteiger partial charge in [0.15, 0.2) is 0 Å². The van der Waals surface area contributed by atoms with Gasteiger partial charge in [0.25, 0.3) is 0 Å². The van der Waals surface area contributed by atoms with E-state index in [2.05, 4.69) is 20.3 Å². The first kappa shape index (κ1) is 12.4. The molecule has 0 unspecified atom stereocenters. The molecule has 6 nitrogen and oxygen atoms in total. The molecular formula is C11H10ClN3O3. The minimum Gasteiger partial charge on any atom is -0.465 e.